The normalized spacial score (nSPS) is 13.1. The number of rotatable bonds is 2. The fourth-order valence-electron chi connectivity index (χ4n) is 6.31. The van der Waals surface area contributed by atoms with E-state index in [1.54, 1.807) is 0 Å². The Hall–Kier alpha value is -3.65. The SMILES string of the molecule is Cc1ccc2c(CC(C)(C)C)c3c(cc2c1)c1nccc2ccc4c5ccc(C(C)C)cc5n3c4c21. The molecule has 0 N–H and O–H groups in total. The molecule has 0 aliphatic heterocycles. The molecule has 0 spiro atoms. The van der Waals surface area contributed by atoms with E-state index in [0.29, 0.717) is 5.92 Å². The molecule has 0 radical (unpaired) electrons. The molecule has 2 heteroatoms. The summed E-state index contributed by atoms with van der Waals surface area (Å²) in [5, 5.41) is 9.09. The number of aryl methyl sites for hydroxylation is 1. The summed E-state index contributed by atoms with van der Waals surface area (Å²) in [5.41, 5.74) is 9.30. The smallest absolute Gasteiger partial charge is 0.0823 e. The van der Waals surface area contributed by atoms with Crippen molar-refractivity contribution >= 4 is 59.8 Å². The Morgan fingerprint density at radius 3 is 2.33 bits per heavy atom. The maximum atomic E-state index is 5.03. The Bertz CT molecular complexity index is 1980. The van der Waals surface area contributed by atoms with E-state index >= 15 is 0 Å². The molecule has 7 aromatic rings. The van der Waals surface area contributed by atoms with Crippen LogP contribution < -0.4 is 0 Å². The molecule has 36 heavy (non-hydrogen) atoms. The maximum Gasteiger partial charge on any atom is 0.0823 e. The second-order valence-corrected chi connectivity index (χ2v) is 12.2. The van der Waals surface area contributed by atoms with Gasteiger partial charge >= 0.3 is 0 Å². The molecule has 2 nitrogen and oxygen atoms in total. The van der Waals surface area contributed by atoms with Gasteiger partial charge in [-0.25, -0.2) is 0 Å². The van der Waals surface area contributed by atoms with Crippen LogP contribution in [0.5, 0.6) is 0 Å². The zero-order valence-corrected chi connectivity index (χ0v) is 22.0. The molecule has 0 atom stereocenters. The zero-order chi connectivity index (χ0) is 24.9. The standard InChI is InChI=1S/C34H32N2/c1-19(2)22-9-11-25-26-12-8-21-13-14-35-31-27-16-23-15-20(3)7-10-24(23)28(18-34(4,5)6)32(27)36(29(25)17-22)33(26)30(21)31/h7-17,19H,18H2,1-6H3. The number of hydrogen-bond donors (Lipinski definition) is 0. The second-order valence-electron chi connectivity index (χ2n) is 12.2. The number of nitrogens with zero attached hydrogens (tertiary/aromatic N) is 2. The van der Waals surface area contributed by atoms with Crippen molar-refractivity contribution < 1.29 is 0 Å². The summed E-state index contributed by atoms with van der Waals surface area (Å²) in [4.78, 5) is 5.03. The number of fused-ring (bicyclic) bond motifs is 7. The van der Waals surface area contributed by atoms with Crippen molar-refractivity contribution in [2.75, 3.05) is 0 Å². The van der Waals surface area contributed by atoms with Crippen LogP contribution in [0.15, 0.2) is 66.9 Å². The van der Waals surface area contributed by atoms with Crippen molar-refractivity contribution in [3.63, 3.8) is 0 Å². The summed E-state index contributed by atoms with van der Waals surface area (Å²) in [6.07, 6.45) is 2.98. The van der Waals surface area contributed by atoms with Crippen LogP contribution in [0.25, 0.3) is 59.8 Å². The highest BCUT2D eigenvalue weighted by Gasteiger charge is 2.24. The highest BCUT2D eigenvalue weighted by Crippen LogP contribution is 2.44. The van der Waals surface area contributed by atoms with Gasteiger partial charge in [-0.3, -0.25) is 4.98 Å². The first-order chi connectivity index (χ1) is 17.2. The third-order valence-electron chi connectivity index (χ3n) is 7.91. The van der Waals surface area contributed by atoms with Gasteiger partial charge in [0, 0.05) is 27.7 Å². The van der Waals surface area contributed by atoms with Gasteiger partial charge in [0.05, 0.1) is 22.1 Å². The van der Waals surface area contributed by atoms with Gasteiger partial charge in [-0.15, -0.1) is 0 Å². The van der Waals surface area contributed by atoms with Crippen LogP contribution in [0.1, 0.15) is 57.2 Å². The predicted octanol–water partition coefficient (Wildman–Crippen LogP) is 9.56. The Labute approximate surface area is 211 Å². The molecule has 3 aromatic heterocycles. The van der Waals surface area contributed by atoms with E-state index in [9.17, 15) is 0 Å². The van der Waals surface area contributed by atoms with Crippen molar-refractivity contribution in [3.05, 3.63) is 83.6 Å². The van der Waals surface area contributed by atoms with Crippen molar-refractivity contribution in [1.82, 2.24) is 9.38 Å². The number of aromatic nitrogens is 2. The van der Waals surface area contributed by atoms with Crippen LogP contribution in [-0.4, -0.2) is 9.38 Å². The first-order valence-electron chi connectivity index (χ1n) is 13.1. The van der Waals surface area contributed by atoms with Crippen LogP contribution in [-0.2, 0) is 6.42 Å². The van der Waals surface area contributed by atoms with Crippen LogP contribution >= 0.6 is 0 Å². The van der Waals surface area contributed by atoms with Crippen LogP contribution in [0.2, 0.25) is 0 Å². The molecular weight excluding hydrogens is 436 g/mol. The second kappa shape index (κ2) is 7.20. The average molecular weight is 469 g/mol. The quantitative estimate of drug-likeness (QED) is 0.182. The van der Waals surface area contributed by atoms with Crippen molar-refractivity contribution in [2.24, 2.45) is 5.41 Å². The van der Waals surface area contributed by atoms with E-state index in [2.05, 4.69) is 107 Å². The van der Waals surface area contributed by atoms with Gasteiger partial charge in [-0.1, -0.05) is 82.6 Å². The lowest BCUT2D eigenvalue weighted by atomic mass is 9.84. The van der Waals surface area contributed by atoms with E-state index in [-0.39, 0.29) is 5.41 Å². The first-order valence-corrected chi connectivity index (χ1v) is 13.1. The molecule has 0 unspecified atom stereocenters. The minimum atomic E-state index is 0.147. The Morgan fingerprint density at radius 1 is 0.778 bits per heavy atom. The Balaban J connectivity index is 1.86. The molecule has 0 aliphatic rings. The summed E-state index contributed by atoms with van der Waals surface area (Å²) in [6, 6.07) is 23.1. The van der Waals surface area contributed by atoms with Gasteiger partial charge < -0.3 is 4.40 Å². The number of benzene rings is 4. The largest absolute Gasteiger partial charge is 0.308 e. The van der Waals surface area contributed by atoms with Crippen molar-refractivity contribution in [1.29, 1.82) is 0 Å². The van der Waals surface area contributed by atoms with Gasteiger partial charge in [0.2, 0.25) is 0 Å². The van der Waals surface area contributed by atoms with Gasteiger partial charge in [-0.05, 0) is 70.2 Å². The summed E-state index contributed by atoms with van der Waals surface area (Å²) >= 11 is 0. The fourth-order valence-corrected chi connectivity index (χ4v) is 6.31. The van der Waals surface area contributed by atoms with E-state index in [1.165, 1.54) is 70.9 Å². The highest BCUT2D eigenvalue weighted by molar-refractivity contribution is 6.28. The topological polar surface area (TPSA) is 17.3 Å². The lowest BCUT2D eigenvalue weighted by Crippen LogP contribution is -2.11. The summed E-state index contributed by atoms with van der Waals surface area (Å²) < 4.78 is 2.59. The van der Waals surface area contributed by atoms with E-state index in [1.807, 2.05) is 6.20 Å². The molecule has 0 saturated heterocycles. The number of hydrogen-bond acceptors (Lipinski definition) is 1. The van der Waals surface area contributed by atoms with Crippen molar-refractivity contribution in [2.45, 2.75) is 53.9 Å². The zero-order valence-electron chi connectivity index (χ0n) is 22.0. The molecule has 0 aliphatic carbocycles. The summed E-state index contributed by atoms with van der Waals surface area (Å²) in [5.74, 6) is 0.478. The first kappa shape index (κ1) is 21.6. The maximum absolute atomic E-state index is 5.03. The van der Waals surface area contributed by atoms with Crippen LogP contribution in [0, 0.1) is 12.3 Å². The lowest BCUT2D eigenvalue weighted by molar-refractivity contribution is 0.413. The minimum Gasteiger partial charge on any atom is -0.308 e. The lowest BCUT2D eigenvalue weighted by Gasteiger charge is -2.23. The Morgan fingerprint density at radius 2 is 1.56 bits per heavy atom. The Kier molecular flexibility index (Phi) is 4.32. The van der Waals surface area contributed by atoms with E-state index in [0.717, 1.165) is 11.9 Å². The molecule has 0 saturated carbocycles. The van der Waals surface area contributed by atoms with Crippen molar-refractivity contribution in [3.8, 4) is 0 Å². The van der Waals surface area contributed by atoms with Crippen LogP contribution in [0.4, 0.5) is 0 Å². The van der Waals surface area contributed by atoms with Gasteiger partial charge in [0.25, 0.3) is 0 Å². The molecule has 3 heterocycles. The minimum absolute atomic E-state index is 0.147. The third kappa shape index (κ3) is 2.94. The molecule has 178 valence electrons. The average Bonchev–Trinajstić information content (AvgIpc) is 3.16. The van der Waals surface area contributed by atoms with E-state index in [4.69, 9.17) is 4.98 Å². The van der Waals surface area contributed by atoms with Gasteiger partial charge in [0.15, 0.2) is 0 Å². The van der Waals surface area contributed by atoms with Gasteiger partial charge in [-0.2, -0.15) is 0 Å². The molecule has 0 fully saturated rings. The van der Waals surface area contributed by atoms with Gasteiger partial charge in [0.1, 0.15) is 0 Å². The summed E-state index contributed by atoms with van der Waals surface area (Å²) in [7, 11) is 0. The third-order valence-corrected chi connectivity index (χ3v) is 7.91. The van der Waals surface area contributed by atoms with Crippen LogP contribution in [0.3, 0.4) is 0 Å². The predicted molar refractivity (Wildman–Crippen MR) is 156 cm³/mol. The molecular formula is C34H32N2. The monoisotopic (exact) mass is 468 g/mol. The summed E-state index contributed by atoms with van der Waals surface area (Å²) in [6.45, 7) is 13.8. The molecule has 0 bridgehead atoms. The fraction of sp³-hybridized carbons (Fsp3) is 0.265. The molecule has 4 aromatic carbocycles. The van der Waals surface area contributed by atoms with E-state index < -0.39 is 0 Å². The number of pyridine rings is 2. The molecule has 7 rings (SSSR count). The molecule has 0 amide bonds. The highest BCUT2D eigenvalue weighted by atomic mass is 14.9.